The number of aromatic nitrogens is 1. The Kier molecular flexibility index (Phi) is 2.27. The van der Waals surface area contributed by atoms with Gasteiger partial charge in [-0.15, -0.1) is 0 Å². The van der Waals surface area contributed by atoms with Gasteiger partial charge in [0.05, 0.1) is 5.56 Å². The van der Waals surface area contributed by atoms with Crippen LogP contribution in [-0.4, -0.2) is 4.98 Å². The molecule has 0 fully saturated rings. The van der Waals surface area contributed by atoms with Crippen molar-refractivity contribution in [1.82, 2.24) is 4.98 Å². The minimum absolute atomic E-state index is 0.401. The van der Waals surface area contributed by atoms with Crippen molar-refractivity contribution >= 4 is 5.82 Å². The molecule has 15 heavy (non-hydrogen) atoms. The summed E-state index contributed by atoms with van der Waals surface area (Å²) in [5.41, 5.74) is 3.69. The molecule has 1 aromatic heterocycles. The SMILES string of the molecule is Cc1c(C#N)c(NC#N)nc2c1CCC2. The zero-order valence-electron chi connectivity index (χ0n) is 8.46. The van der Waals surface area contributed by atoms with Crippen molar-refractivity contribution in [3.63, 3.8) is 0 Å². The third kappa shape index (κ3) is 1.41. The summed E-state index contributed by atoms with van der Waals surface area (Å²) in [7, 11) is 0. The molecule has 1 heterocycles. The zero-order chi connectivity index (χ0) is 10.8. The molecule has 1 aliphatic rings. The highest BCUT2D eigenvalue weighted by molar-refractivity contribution is 5.61. The number of rotatable bonds is 1. The van der Waals surface area contributed by atoms with Gasteiger partial charge < -0.3 is 0 Å². The molecule has 74 valence electrons. The van der Waals surface area contributed by atoms with Gasteiger partial charge in [-0.05, 0) is 37.3 Å². The van der Waals surface area contributed by atoms with Crippen LogP contribution in [-0.2, 0) is 12.8 Å². The number of anilines is 1. The first-order valence-electron chi connectivity index (χ1n) is 4.85. The monoisotopic (exact) mass is 198 g/mol. The molecule has 0 unspecified atom stereocenters. The van der Waals surface area contributed by atoms with Gasteiger partial charge in [-0.25, -0.2) is 4.98 Å². The van der Waals surface area contributed by atoms with Crippen LogP contribution in [0.3, 0.4) is 0 Å². The van der Waals surface area contributed by atoms with E-state index in [0.29, 0.717) is 11.4 Å². The van der Waals surface area contributed by atoms with E-state index < -0.39 is 0 Å². The molecule has 0 aromatic carbocycles. The number of hydrogen-bond acceptors (Lipinski definition) is 4. The summed E-state index contributed by atoms with van der Waals surface area (Å²) in [5.74, 6) is 0.401. The topological polar surface area (TPSA) is 72.5 Å². The number of nitrogens with zero attached hydrogens (tertiary/aromatic N) is 3. The average molecular weight is 198 g/mol. The lowest BCUT2D eigenvalue weighted by atomic mass is 10.0. The normalized spacial score (nSPS) is 12.7. The van der Waals surface area contributed by atoms with Gasteiger partial charge in [-0.2, -0.15) is 10.5 Å². The van der Waals surface area contributed by atoms with E-state index in [9.17, 15) is 0 Å². The second-order valence-electron chi connectivity index (χ2n) is 3.59. The van der Waals surface area contributed by atoms with E-state index in [1.807, 2.05) is 13.1 Å². The van der Waals surface area contributed by atoms with Gasteiger partial charge in [-0.3, -0.25) is 5.32 Å². The highest BCUT2D eigenvalue weighted by atomic mass is 15.0. The Bertz CT molecular complexity index is 491. The van der Waals surface area contributed by atoms with Gasteiger partial charge in [0, 0.05) is 5.69 Å². The van der Waals surface area contributed by atoms with Crippen molar-refractivity contribution in [2.75, 3.05) is 5.32 Å². The predicted molar refractivity (Wildman–Crippen MR) is 54.9 cm³/mol. The fourth-order valence-corrected chi connectivity index (χ4v) is 2.05. The summed E-state index contributed by atoms with van der Waals surface area (Å²) in [5, 5.41) is 20.1. The molecule has 4 heteroatoms. The Morgan fingerprint density at radius 2 is 2.13 bits per heavy atom. The summed E-state index contributed by atoms with van der Waals surface area (Å²) in [6.45, 7) is 1.92. The molecule has 0 spiro atoms. The van der Waals surface area contributed by atoms with E-state index in [-0.39, 0.29) is 0 Å². The van der Waals surface area contributed by atoms with Crippen molar-refractivity contribution < 1.29 is 0 Å². The Hall–Kier alpha value is -2.07. The summed E-state index contributed by atoms with van der Waals surface area (Å²) < 4.78 is 0. The Balaban J connectivity index is 2.64. The van der Waals surface area contributed by atoms with E-state index in [2.05, 4.69) is 16.4 Å². The molecule has 2 rings (SSSR count). The fraction of sp³-hybridized carbons (Fsp3) is 0.364. The first-order chi connectivity index (χ1) is 7.27. The maximum absolute atomic E-state index is 9.02. The Morgan fingerprint density at radius 1 is 1.33 bits per heavy atom. The van der Waals surface area contributed by atoms with Crippen LogP contribution in [0.25, 0.3) is 0 Å². The number of pyridine rings is 1. The quantitative estimate of drug-likeness (QED) is 0.550. The lowest BCUT2D eigenvalue weighted by Gasteiger charge is -2.09. The number of fused-ring (bicyclic) bond motifs is 1. The largest absolute Gasteiger partial charge is 0.276 e. The van der Waals surface area contributed by atoms with Gasteiger partial charge in [0.25, 0.3) is 0 Å². The van der Waals surface area contributed by atoms with Crippen LogP contribution in [0.1, 0.15) is 28.8 Å². The molecule has 1 aliphatic carbocycles. The molecule has 0 atom stereocenters. The van der Waals surface area contributed by atoms with Crippen LogP contribution in [0.5, 0.6) is 0 Å². The first-order valence-corrected chi connectivity index (χ1v) is 4.85. The van der Waals surface area contributed by atoms with Gasteiger partial charge in [0.1, 0.15) is 6.07 Å². The van der Waals surface area contributed by atoms with E-state index in [0.717, 1.165) is 30.5 Å². The molecule has 0 bridgehead atoms. The maximum atomic E-state index is 9.02. The first kappa shape index (κ1) is 9.48. The number of aryl methyl sites for hydroxylation is 1. The molecule has 0 aliphatic heterocycles. The molecule has 0 saturated carbocycles. The van der Waals surface area contributed by atoms with Crippen LogP contribution < -0.4 is 5.32 Å². The van der Waals surface area contributed by atoms with E-state index >= 15 is 0 Å². The Morgan fingerprint density at radius 3 is 2.80 bits per heavy atom. The van der Waals surface area contributed by atoms with Crippen LogP contribution in [0.2, 0.25) is 0 Å². The minimum atomic E-state index is 0.401. The molecular formula is C11H10N4. The highest BCUT2D eigenvalue weighted by Crippen LogP contribution is 2.29. The van der Waals surface area contributed by atoms with Crippen molar-refractivity contribution in [3.05, 3.63) is 22.4 Å². The minimum Gasteiger partial charge on any atom is -0.276 e. The van der Waals surface area contributed by atoms with Crippen molar-refractivity contribution in [1.29, 1.82) is 10.5 Å². The van der Waals surface area contributed by atoms with E-state index in [1.165, 1.54) is 5.56 Å². The van der Waals surface area contributed by atoms with Crippen molar-refractivity contribution in [2.45, 2.75) is 26.2 Å². The molecular weight excluding hydrogens is 188 g/mol. The number of hydrogen-bond donors (Lipinski definition) is 1. The lowest BCUT2D eigenvalue weighted by molar-refractivity contribution is 0.899. The third-order valence-corrected chi connectivity index (χ3v) is 2.79. The van der Waals surface area contributed by atoms with Gasteiger partial charge in [0.15, 0.2) is 12.0 Å². The summed E-state index contributed by atoms with van der Waals surface area (Å²) in [4.78, 5) is 4.32. The van der Waals surface area contributed by atoms with Crippen LogP contribution in [0.4, 0.5) is 5.82 Å². The summed E-state index contributed by atoms with van der Waals surface area (Å²) >= 11 is 0. The molecule has 1 N–H and O–H groups in total. The highest BCUT2D eigenvalue weighted by Gasteiger charge is 2.20. The smallest absolute Gasteiger partial charge is 0.182 e. The summed E-state index contributed by atoms with van der Waals surface area (Å²) in [6, 6.07) is 2.10. The molecule has 0 amide bonds. The molecule has 0 saturated heterocycles. The van der Waals surface area contributed by atoms with Crippen LogP contribution >= 0.6 is 0 Å². The predicted octanol–water partition coefficient (Wildman–Crippen LogP) is 1.64. The second-order valence-corrected chi connectivity index (χ2v) is 3.59. The summed E-state index contributed by atoms with van der Waals surface area (Å²) in [6.07, 6.45) is 4.84. The molecule has 0 radical (unpaired) electrons. The zero-order valence-corrected chi connectivity index (χ0v) is 8.46. The lowest BCUT2D eigenvalue weighted by Crippen LogP contribution is -2.03. The van der Waals surface area contributed by atoms with E-state index in [4.69, 9.17) is 10.5 Å². The van der Waals surface area contributed by atoms with Crippen molar-refractivity contribution in [3.8, 4) is 12.3 Å². The van der Waals surface area contributed by atoms with Gasteiger partial charge in [-0.1, -0.05) is 0 Å². The van der Waals surface area contributed by atoms with Gasteiger partial charge >= 0.3 is 0 Å². The molecule has 1 aromatic rings. The van der Waals surface area contributed by atoms with E-state index in [1.54, 1.807) is 0 Å². The Labute approximate surface area is 88.2 Å². The number of nitriles is 2. The van der Waals surface area contributed by atoms with Crippen LogP contribution in [0.15, 0.2) is 0 Å². The second kappa shape index (κ2) is 3.59. The van der Waals surface area contributed by atoms with Crippen LogP contribution in [0, 0.1) is 29.7 Å². The fourth-order valence-electron chi connectivity index (χ4n) is 2.05. The number of nitrogens with one attached hydrogen (secondary N) is 1. The van der Waals surface area contributed by atoms with Gasteiger partial charge in [0.2, 0.25) is 0 Å². The van der Waals surface area contributed by atoms with Crippen molar-refractivity contribution in [2.24, 2.45) is 0 Å². The molecule has 4 nitrogen and oxygen atoms in total. The standard InChI is InChI=1S/C11H10N4/c1-7-8-3-2-4-10(8)15-11(14-6-13)9(7)5-12/h2-4H2,1H3,(H,14,15). The third-order valence-electron chi connectivity index (χ3n) is 2.79. The average Bonchev–Trinajstić information content (AvgIpc) is 2.67. The maximum Gasteiger partial charge on any atom is 0.182 e.